The summed E-state index contributed by atoms with van der Waals surface area (Å²) in [5, 5.41) is 11.3. The number of hydrogen-bond acceptors (Lipinski definition) is 11. The Morgan fingerprint density at radius 2 is 1.58 bits per heavy atom. The smallest absolute Gasteiger partial charge is 0.264 e. The minimum atomic E-state index is -0.990. The number of piperidine rings is 2. The number of para-hydroxylation sites is 1. The fraction of sp³-hybridized carbons (Fsp3) is 0.378. The highest BCUT2D eigenvalue weighted by Gasteiger charge is 2.45. The van der Waals surface area contributed by atoms with Crippen molar-refractivity contribution < 1.29 is 28.7 Å². The Morgan fingerprint density at radius 3 is 2.37 bits per heavy atom. The summed E-state index contributed by atoms with van der Waals surface area (Å²) < 4.78 is 7.91. The van der Waals surface area contributed by atoms with Crippen LogP contribution in [0.3, 0.4) is 0 Å². The maximum absolute atomic E-state index is 13.4. The number of nitrogens with two attached hydrogens (primary N) is 1. The van der Waals surface area contributed by atoms with Gasteiger partial charge in [0.15, 0.2) is 5.65 Å². The molecule has 0 bridgehead atoms. The van der Waals surface area contributed by atoms with Crippen LogP contribution in [0.5, 0.6) is 11.5 Å². The van der Waals surface area contributed by atoms with Crippen molar-refractivity contribution in [3.8, 4) is 22.8 Å². The molecule has 0 saturated carbocycles. The fourth-order valence-corrected chi connectivity index (χ4v) is 8.47. The third-order valence-corrected chi connectivity index (χ3v) is 11.6. The number of carbonyl (C=O) groups excluding carboxylic acids is 5. The van der Waals surface area contributed by atoms with Gasteiger partial charge in [-0.25, -0.2) is 14.6 Å². The van der Waals surface area contributed by atoms with Crippen molar-refractivity contribution in [3.05, 3.63) is 90.3 Å². The maximum atomic E-state index is 13.4. The zero-order chi connectivity index (χ0) is 41.6. The molecule has 0 spiro atoms. The van der Waals surface area contributed by atoms with Crippen LogP contribution in [-0.2, 0) is 14.4 Å². The Kier molecular flexibility index (Phi) is 12.1. The number of amides is 5. The van der Waals surface area contributed by atoms with Crippen LogP contribution >= 0.6 is 0 Å². The summed E-state index contributed by atoms with van der Waals surface area (Å²) in [6.45, 7) is 1.92. The SMILES string of the molecule is Nc1ncnc2c1c(-c1ccc(Oc3ccccc3)cc1)nn2C1CCCN(C(=O)CCCCCCCCCNc2cccc3c2C(=O)N(C2CCC(=O)NC2=O)C3=O)C1. The Morgan fingerprint density at radius 1 is 0.833 bits per heavy atom. The van der Waals surface area contributed by atoms with E-state index in [4.69, 9.17) is 15.6 Å². The van der Waals surface area contributed by atoms with Crippen LogP contribution in [0.2, 0.25) is 0 Å². The van der Waals surface area contributed by atoms with Crippen molar-refractivity contribution in [2.45, 2.75) is 89.1 Å². The van der Waals surface area contributed by atoms with Gasteiger partial charge in [0.05, 0.1) is 22.6 Å². The number of likely N-dealkylation sites (tertiary alicyclic amines) is 1. The minimum absolute atomic E-state index is 0.0401. The molecule has 5 amide bonds. The number of aromatic nitrogens is 4. The third kappa shape index (κ3) is 8.56. The molecule has 3 aliphatic heterocycles. The number of anilines is 2. The van der Waals surface area contributed by atoms with Crippen LogP contribution in [0.4, 0.5) is 11.5 Å². The number of ether oxygens (including phenoxy) is 1. The predicted octanol–water partition coefficient (Wildman–Crippen LogP) is 6.67. The monoisotopic (exact) mass is 811 g/mol. The van der Waals surface area contributed by atoms with Crippen LogP contribution in [0.25, 0.3) is 22.3 Å². The van der Waals surface area contributed by atoms with Crippen molar-refractivity contribution in [1.29, 1.82) is 0 Å². The van der Waals surface area contributed by atoms with Gasteiger partial charge in [0, 0.05) is 43.7 Å². The number of rotatable bonds is 16. The molecule has 3 aliphatic rings. The second-order valence-corrected chi connectivity index (χ2v) is 15.7. The first kappa shape index (κ1) is 40.2. The molecule has 5 heterocycles. The van der Waals surface area contributed by atoms with Crippen molar-refractivity contribution in [3.63, 3.8) is 0 Å². The molecule has 2 fully saturated rings. The molecule has 15 nitrogen and oxygen atoms in total. The lowest BCUT2D eigenvalue weighted by atomic mass is 10.0. The van der Waals surface area contributed by atoms with Gasteiger partial charge < -0.3 is 20.7 Å². The van der Waals surface area contributed by atoms with E-state index in [0.29, 0.717) is 53.5 Å². The first-order valence-corrected chi connectivity index (χ1v) is 20.9. The molecule has 60 heavy (non-hydrogen) atoms. The number of unbranched alkanes of at least 4 members (excludes halogenated alkanes) is 6. The second-order valence-electron chi connectivity index (χ2n) is 15.7. The lowest BCUT2D eigenvalue weighted by Crippen LogP contribution is -2.54. The molecule has 2 saturated heterocycles. The highest BCUT2D eigenvalue weighted by atomic mass is 16.5. The summed E-state index contributed by atoms with van der Waals surface area (Å²) in [7, 11) is 0. The van der Waals surface area contributed by atoms with E-state index in [9.17, 15) is 24.0 Å². The number of carbonyl (C=O) groups is 5. The topological polar surface area (TPSA) is 195 Å². The van der Waals surface area contributed by atoms with Gasteiger partial charge in [-0.05, 0) is 80.6 Å². The molecular weight excluding hydrogens is 763 g/mol. The first-order chi connectivity index (χ1) is 29.3. The van der Waals surface area contributed by atoms with E-state index in [1.165, 1.54) is 6.33 Å². The van der Waals surface area contributed by atoms with E-state index in [0.717, 1.165) is 80.5 Å². The van der Waals surface area contributed by atoms with Crippen LogP contribution in [-0.4, -0.2) is 84.8 Å². The molecule has 310 valence electrons. The molecule has 8 rings (SSSR count). The molecule has 2 aromatic heterocycles. The first-order valence-electron chi connectivity index (χ1n) is 20.9. The minimum Gasteiger partial charge on any atom is -0.457 e. The van der Waals surface area contributed by atoms with E-state index in [2.05, 4.69) is 20.6 Å². The van der Waals surface area contributed by atoms with E-state index < -0.39 is 29.7 Å². The maximum Gasteiger partial charge on any atom is 0.264 e. The van der Waals surface area contributed by atoms with E-state index in [1.54, 1.807) is 18.2 Å². The number of benzene rings is 3. The van der Waals surface area contributed by atoms with Gasteiger partial charge in [0.1, 0.15) is 35.4 Å². The molecular formula is C45H49N9O6. The van der Waals surface area contributed by atoms with Gasteiger partial charge >= 0.3 is 0 Å². The van der Waals surface area contributed by atoms with E-state index in [1.807, 2.05) is 64.2 Å². The van der Waals surface area contributed by atoms with Gasteiger partial charge in [0.25, 0.3) is 11.8 Å². The Labute approximate surface area is 347 Å². The van der Waals surface area contributed by atoms with Gasteiger partial charge in [-0.2, -0.15) is 5.10 Å². The average molecular weight is 812 g/mol. The number of nitrogens with one attached hydrogen (secondary N) is 2. The summed E-state index contributed by atoms with van der Waals surface area (Å²) in [6.07, 6.45) is 10.8. The average Bonchev–Trinajstić information content (AvgIpc) is 3.78. The summed E-state index contributed by atoms with van der Waals surface area (Å²) >= 11 is 0. The van der Waals surface area contributed by atoms with Crippen LogP contribution in [0.15, 0.2) is 79.1 Å². The number of hydrogen-bond donors (Lipinski definition) is 3. The Balaban J connectivity index is 0.765. The van der Waals surface area contributed by atoms with E-state index >= 15 is 0 Å². The van der Waals surface area contributed by atoms with Crippen molar-refractivity contribution in [1.82, 2.24) is 34.9 Å². The van der Waals surface area contributed by atoms with Gasteiger partial charge in [-0.1, -0.05) is 56.4 Å². The molecule has 5 aromatic rings. The lowest BCUT2D eigenvalue weighted by molar-refractivity contribution is -0.136. The third-order valence-electron chi connectivity index (χ3n) is 11.6. The molecule has 15 heteroatoms. The molecule has 0 aliphatic carbocycles. The summed E-state index contributed by atoms with van der Waals surface area (Å²) in [4.78, 5) is 75.7. The van der Waals surface area contributed by atoms with Crippen molar-refractivity contribution >= 4 is 52.1 Å². The largest absolute Gasteiger partial charge is 0.457 e. The van der Waals surface area contributed by atoms with Crippen LogP contribution < -0.4 is 21.1 Å². The standard InChI is InChI=1S/C45H49N9O6/c46-41-39-40(29-19-21-32(22-20-29)60-31-14-7-6-8-15-31)51-54(42(39)49-28-48-41)30-13-12-26-52(27-30)37(56)18-9-4-2-1-3-5-10-25-47-34-17-11-16-33-38(34)45(59)53(44(33)58)35-23-24-36(55)50-43(35)57/h6-8,11,14-17,19-22,28,30,35,47H,1-5,9-10,12-13,18,23-27H2,(H2,46,48,49)(H,50,55,57). The normalized spacial score (nSPS) is 17.9. The molecule has 2 atom stereocenters. The lowest BCUT2D eigenvalue weighted by Gasteiger charge is -2.33. The Bertz CT molecular complexity index is 2400. The molecule has 4 N–H and O–H groups in total. The summed E-state index contributed by atoms with van der Waals surface area (Å²) in [5.74, 6) is -0.0572. The highest BCUT2D eigenvalue weighted by Crippen LogP contribution is 2.36. The zero-order valence-electron chi connectivity index (χ0n) is 33.5. The Hall–Kier alpha value is -6.64. The van der Waals surface area contributed by atoms with Crippen molar-refractivity contribution in [2.24, 2.45) is 0 Å². The highest BCUT2D eigenvalue weighted by molar-refractivity contribution is 6.25. The number of imide groups is 2. The number of nitrogens with zero attached hydrogens (tertiary/aromatic N) is 6. The van der Waals surface area contributed by atoms with Gasteiger partial charge in [0.2, 0.25) is 17.7 Å². The van der Waals surface area contributed by atoms with Crippen LogP contribution in [0.1, 0.15) is 104 Å². The number of fused-ring (bicyclic) bond motifs is 2. The second kappa shape index (κ2) is 18.1. The molecule has 0 radical (unpaired) electrons. The van der Waals surface area contributed by atoms with E-state index in [-0.39, 0.29) is 35.9 Å². The van der Waals surface area contributed by atoms with Gasteiger partial charge in [-0.15, -0.1) is 0 Å². The predicted molar refractivity (Wildman–Crippen MR) is 225 cm³/mol. The molecule has 2 unspecified atom stereocenters. The van der Waals surface area contributed by atoms with Gasteiger partial charge in [-0.3, -0.25) is 34.2 Å². The summed E-state index contributed by atoms with van der Waals surface area (Å²) in [5.41, 5.74) is 9.75. The van der Waals surface area contributed by atoms with Crippen molar-refractivity contribution in [2.75, 3.05) is 30.7 Å². The zero-order valence-corrected chi connectivity index (χ0v) is 33.5. The fourth-order valence-electron chi connectivity index (χ4n) is 8.47. The molecule has 3 aromatic carbocycles. The number of nitrogen functional groups attached to an aromatic ring is 1. The quantitative estimate of drug-likeness (QED) is 0.0712. The summed E-state index contributed by atoms with van der Waals surface area (Å²) in [6, 6.07) is 21.4. The van der Waals surface area contributed by atoms with Crippen LogP contribution in [0, 0.1) is 0 Å².